The Morgan fingerprint density at radius 3 is 2.53 bits per heavy atom. The first kappa shape index (κ1) is 26.3. The molecule has 3 amide bonds. The Bertz CT molecular complexity index is 1260. The monoisotopic (exact) mass is 575 g/mol. The van der Waals surface area contributed by atoms with E-state index in [1.165, 1.54) is 17.0 Å². The summed E-state index contributed by atoms with van der Waals surface area (Å²) in [5.74, 6) is -1.28. The van der Waals surface area contributed by atoms with E-state index in [2.05, 4.69) is 21.2 Å². The lowest BCUT2D eigenvalue weighted by Gasteiger charge is -2.31. The highest BCUT2D eigenvalue weighted by Gasteiger charge is 2.41. The fourth-order valence-electron chi connectivity index (χ4n) is 4.78. The standard InChI is InChI=1S/C26H30BrN3O5S/c1-18(25(32)28-21-10-3-2-4-11-21)29(17-19-8-7-9-20(27)16-19)24(31)14-15-30-26(33)22-12-5-6-13-23(22)36(30,34)35/h5-9,12-13,16,18,21H,2-4,10-11,14-15,17H2,1H3,(H,28,32). The van der Waals surface area contributed by atoms with Crippen molar-refractivity contribution in [2.45, 2.75) is 69.0 Å². The van der Waals surface area contributed by atoms with Gasteiger partial charge in [-0.2, -0.15) is 0 Å². The molecule has 2 aliphatic rings. The average molecular weight is 577 g/mol. The molecule has 1 fully saturated rings. The van der Waals surface area contributed by atoms with Crippen molar-refractivity contribution >= 4 is 43.7 Å². The summed E-state index contributed by atoms with van der Waals surface area (Å²) in [6, 6.07) is 12.8. The number of rotatable bonds is 8. The van der Waals surface area contributed by atoms with Gasteiger partial charge < -0.3 is 10.2 Å². The average Bonchev–Trinajstić information content (AvgIpc) is 3.06. The second-order valence-corrected chi connectivity index (χ2v) is 12.0. The van der Waals surface area contributed by atoms with Crippen molar-refractivity contribution in [3.05, 3.63) is 64.1 Å². The van der Waals surface area contributed by atoms with Gasteiger partial charge in [-0.05, 0) is 49.6 Å². The third-order valence-electron chi connectivity index (χ3n) is 6.80. The van der Waals surface area contributed by atoms with Crippen LogP contribution in [-0.2, 0) is 26.2 Å². The van der Waals surface area contributed by atoms with Crippen molar-refractivity contribution in [3.63, 3.8) is 0 Å². The zero-order valence-corrected chi connectivity index (χ0v) is 22.6. The predicted octanol–water partition coefficient (Wildman–Crippen LogP) is 3.85. The first-order valence-corrected chi connectivity index (χ1v) is 14.4. The molecule has 2 aromatic carbocycles. The van der Waals surface area contributed by atoms with Crippen LogP contribution in [0.3, 0.4) is 0 Å². The number of sulfonamides is 1. The SMILES string of the molecule is CC(C(=O)NC1CCCCC1)N(Cc1cccc(Br)c1)C(=O)CCN1C(=O)c2ccccc2S1(=O)=O. The van der Waals surface area contributed by atoms with E-state index in [-0.39, 0.29) is 41.9 Å². The van der Waals surface area contributed by atoms with Crippen LogP contribution in [-0.4, -0.2) is 54.0 Å². The van der Waals surface area contributed by atoms with Gasteiger partial charge in [0.2, 0.25) is 11.8 Å². The molecule has 0 aromatic heterocycles. The Hall–Kier alpha value is -2.72. The fraction of sp³-hybridized carbons (Fsp3) is 0.423. The first-order chi connectivity index (χ1) is 17.2. The molecule has 192 valence electrons. The molecular weight excluding hydrogens is 546 g/mol. The molecule has 36 heavy (non-hydrogen) atoms. The number of nitrogens with zero attached hydrogens (tertiary/aromatic N) is 2. The highest BCUT2D eigenvalue weighted by atomic mass is 79.9. The summed E-state index contributed by atoms with van der Waals surface area (Å²) in [6.07, 6.45) is 4.92. The van der Waals surface area contributed by atoms with E-state index in [9.17, 15) is 22.8 Å². The Morgan fingerprint density at radius 1 is 1.11 bits per heavy atom. The summed E-state index contributed by atoms with van der Waals surface area (Å²) >= 11 is 3.44. The van der Waals surface area contributed by atoms with Crippen LogP contribution in [0.25, 0.3) is 0 Å². The van der Waals surface area contributed by atoms with Crippen LogP contribution >= 0.6 is 15.9 Å². The van der Waals surface area contributed by atoms with Crippen LogP contribution in [0.15, 0.2) is 57.9 Å². The van der Waals surface area contributed by atoms with E-state index in [0.717, 1.165) is 46.4 Å². The lowest BCUT2D eigenvalue weighted by atomic mass is 9.95. The number of carbonyl (C=O) groups is 3. The smallest absolute Gasteiger partial charge is 0.269 e. The van der Waals surface area contributed by atoms with Gasteiger partial charge in [0, 0.05) is 30.0 Å². The second kappa shape index (κ2) is 11.1. The Labute approximate surface area is 220 Å². The van der Waals surface area contributed by atoms with Gasteiger partial charge in [0.05, 0.1) is 5.56 Å². The molecule has 1 unspecified atom stereocenters. The molecule has 1 aliphatic heterocycles. The minimum atomic E-state index is -4.01. The Balaban J connectivity index is 1.50. The maximum atomic E-state index is 13.4. The number of fused-ring (bicyclic) bond motifs is 1. The minimum absolute atomic E-state index is 0.0475. The van der Waals surface area contributed by atoms with E-state index >= 15 is 0 Å². The van der Waals surface area contributed by atoms with Gasteiger partial charge in [-0.3, -0.25) is 14.4 Å². The van der Waals surface area contributed by atoms with Gasteiger partial charge in [-0.25, -0.2) is 12.7 Å². The minimum Gasteiger partial charge on any atom is -0.352 e. The summed E-state index contributed by atoms with van der Waals surface area (Å²) in [5, 5.41) is 3.08. The fourth-order valence-corrected chi connectivity index (χ4v) is 6.79. The van der Waals surface area contributed by atoms with Gasteiger partial charge in [0.15, 0.2) is 0 Å². The quantitative estimate of drug-likeness (QED) is 0.515. The molecule has 1 saturated carbocycles. The normalized spacial score (nSPS) is 17.9. The largest absolute Gasteiger partial charge is 0.352 e. The highest BCUT2D eigenvalue weighted by Crippen LogP contribution is 2.30. The highest BCUT2D eigenvalue weighted by molar-refractivity contribution is 9.10. The van der Waals surface area contributed by atoms with Crippen molar-refractivity contribution in [1.82, 2.24) is 14.5 Å². The molecule has 10 heteroatoms. The molecule has 0 radical (unpaired) electrons. The Morgan fingerprint density at radius 2 is 1.83 bits per heavy atom. The summed E-state index contributed by atoms with van der Waals surface area (Å²) in [4.78, 5) is 40.7. The van der Waals surface area contributed by atoms with Crippen molar-refractivity contribution in [3.8, 4) is 0 Å². The van der Waals surface area contributed by atoms with Gasteiger partial charge in [0.1, 0.15) is 10.9 Å². The summed E-state index contributed by atoms with van der Waals surface area (Å²) in [5.41, 5.74) is 0.934. The van der Waals surface area contributed by atoms with Crippen LogP contribution < -0.4 is 5.32 Å². The van der Waals surface area contributed by atoms with Crippen LogP contribution in [0.1, 0.15) is 61.4 Å². The maximum absolute atomic E-state index is 13.4. The number of carbonyl (C=O) groups excluding carboxylic acids is 3. The van der Waals surface area contributed by atoms with Crippen molar-refractivity contribution < 1.29 is 22.8 Å². The van der Waals surface area contributed by atoms with Crippen LogP contribution in [0, 0.1) is 0 Å². The number of hydrogen-bond acceptors (Lipinski definition) is 5. The summed E-state index contributed by atoms with van der Waals surface area (Å²) in [6.45, 7) is 1.57. The predicted molar refractivity (Wildman–Crippen MR) is 138 cm³/mol. The molecule has 0 saturated heterocycles. The van der Waals surface area contributed by atoms with E-state index in [4.69, 9.17) is 0 Å². The molecule has 4 rings (SSSR count). The molecule has 1 heterocycles. The topological polar surface area (TPSA) is 104 Å². The number of benzene rings is 2. The van der Waals surface area contributed by atoms with Crippen LogP contribution in [0.5, 0.6) is 0 Å². The Kier molecular flexibility index (Phi) is 8.14. The number of hydrogen-bond donors (Lipinski definition) is 1. The van der Waals surface area contributed by atoms with Gasteiger partial charge in [0.25, 0.3) is 15.9 Å². The zero-order chi connectivity index (χ0) is 25.9. The van der Waals surface area contributed by atoms with Crippen molar-refractivity contribution in [1.29, 1.82) is 0 Å². The third kappa shape index (κ3) is 5.64. The summed E-state index contributed by atoms with van der Waals surface area (Å²) in [7, 11) is -4.01. The third-order valence-corrected chi connectivity index (χ3v) is 9.14. The first-order valence-electron chi connectivity index (χ1n) is 12.2. The van der Waals surface area contributed by atoms with Crippen molar-refractivity contribution in [2.75, 3.05) is 6.54 Å². The number of halogens is 1. The van der Waals surface area contributed by atoms with Crippen LogP contribution in [0.2, 0.25) is 0 Å². The summed E-state index contributed by atoms with van der Waals surface area (Å²) < 4.78 is 27.4. The number of nitrogens with one attached hydrogen (secondary N) is 1. The maximum Gasteiger partial charge on any atom is 0.269 e. The zero-order valence-electron chi connectivity index (χ0n) is 20.2. The van der Waals surface area contributed by atoms with Crippen molar-refractivity contribution in [2.24, 2.45) is 0 Å². The molecular formula is C26H30BrN3O5S. The van der Waals surface area contributed by atoms with E-state index in [1.807, 2.05) is 24.3 Å². The molecule has 1 N–H and O–H groups in total. The van der Waals surface area contributed by atoms with E-state index in [0.29, 0.717) is 0 Å². The van der Waals surface area contributed by atoms with E-state index < -0.39 is 27.9 Å². The lowest BCUT2D eigenvalue weighted by molar-refractivity contribution is -0.141. The van der Waals surface area contributed by atoms with Gasteiger partial charge >= 0.3 is 0 Å². The molecule has 8 nitrogen and oxygen atoms in total. The van der Waals surface area contributed by atoms with Crippen LogP contribution in [0.4, 0.5) is 0 Å². The van der Waals surface area contributed by atoms with E-state index in [1.54, 1.807) is 19.1 Å². The van der Waals surface area contributed by atoms with Gasteiger partial charge in [-0.15, -0.1) is 0 Å². The second-order valence-electron chi connectivity index (χ2n) is 9.30. The lowest BCUT2D eigenvalue weighted by Crippen LogP contribution is -2.50. The molecule has 0 bridgehead atoms. The molecule has 1 aliphatic carbocycles. The molecule has 2 aromatic rings. The number of amides is 3. The van der Waals surface area contributed by atoms with Gasteiger partial charge in [-0.1, -0.05) is 59.5 Å². The molecule has 0 spiro atoms. The molecule has 1 atom stereocenters.